The number of hydrogen-bond donors (Lipinski definition) is 1. The number of aryl methyl sites for hydroxylation is 1. The monoisotopic (exact) mass is 396 g/mol. The maximum Gasteiger partial charge on any atom is 0.252 e. The van der Waals surface area contributed by atoms with E-state index in [0.29, 0.717) is 5.56 Å². The highest BCUT2D eigenvalue weighted by molar-refractivity contribution is 6.06. The minimum atomic E-state index is -0.0506. The third-order valence-corrected chi connectivity index (χ3v) is 5.83. The molecular weight excluding hydrogens is 372 g/mol. The van der Waals surface area contributed by atoms with E-state index in [1.165, 1.54) is 11.3 Å². The molecule has 1 N–H and O–H groups in total. The summed E-state index contributed by atoms with van der Waals surface area (Å²) in [4.78, 5) is 17.8. The average Bonchev–Trinajstić information content (AvgIpc) is 3.17. The first-order chi connectivity index (χ1) is 14.7. The Morgan fingerprint density at radius 2 is 1.93 bits per heavy atom. The van der Waals surface area contributed by atoms with Crippen LogP contribution in [0.25, 0.3) is 10.9 Å². The van der Waals surface area contributed by atoms with Crippen LogP contribution in [0.15, 0.2) is 66.9 Å². The summed E-state index contributed by atoms with van der Waals surface area (Å²) in [6, 6.07) is 20.0. The lowest BCUT2D eigenvalue weighted by atomic mass is 9.92. The van der Waals surface area contributed by atoms with Crippen molar-refractivity contribution in [2.24, 2.45) is 0 Å². The van der Waals surface area contributed by atoms with Gasteiger partial charge in [-0.25, -0.2) is 0 Å². The Balaban J connectivity index is 1.42. The summed E-state index contributed by atoms with van der Waals surface area (Å²) in [5.74, 6) is -0.0506. The molecule has 150 valence electrons. The zero-order valence-electron chi connectivity index (χ0n) is 17.0. The van der Waals surface area contributed by atoms with E-state index in [4.69, 9.17) is 0 Å². The smallest absolute Gasteiger partial charge is 0.252 e. The Hall–Kier alpha value is -3.47. The third kappa shape index (κ3) is 3.47. The molecule has 1 aliphatic rings. The van der Waals surface area contributed by atoms with Crippen molar-refractivity contribution in [1.82, 2.24) is 20.1 Å². The number of fused-ring (bicyclic) bond motifs is 2. The van der Waals surface area contributed by atoms with Gasteiger partial charge in [0.2, 0.25) is 0 Å². The van der Waals surface area contributed by atoms with E-state index >= 15 is 0 Å². The number of pyridine rings is 1. The molecule has 2 aromatic heterocycles. The van der Waals surface area contributed by atoms with E-state index in [2.05, 4.69) is 44.3 Å². The lowest BCUT2D eigenvalue weighted by Gasteiger charge is -2.24. The molecule has 2 heterocycles. The van der Waals surface area contributed by atoms with Gasteiger partial charge in [0.15, 0.2) is 0 Å². The molecule has 0 radical (unpaired) electrons. The number of benzene rings is 2. The van der Waals surface area contributed by atoms with Crippen LogP contribution in [0.2, 0.25) is 0 Å². The van der Waals surface area contributed by atoms with E-state index < -0.39 is 0 Å². The van der Waals surface area contributed by atoms with Crippen molar-refractivity contribution in [3.63, 3.8) is 0 Å². The minimum absolute atomic E-state index is 0.0157. The molecule has 5 heteroatoms. The van der Waals surface area contributed by atoms with Gasteiger partial charge in [-0.3, -0.25) is 14.5 Å². The molecule has 0 bridgehead atoms. The van der Waals surface area contributed by atoms with Gasteiger partial charge in [-0.15, -0.1) is 0 Å². The molecule has 0 aliphatic heterocycles. The zero-order valence-corrected chi connectivity index (χ0v) is 17.0. The second-order valence-corrected chi connectivity index (χ2v) is 7.94. The Bertz CT molecular complexity index is 1210. The highest BCUT2D eigenvalue weighted by Gasteiger charge is 2.26. The summed E-state index contributed by atoms with van der Waals surface area (Å²) in [5, 5.41) is 8.80. The summed E-state index contributed by atoms with van der Waals surface area (Å²) >= 11 is 0. The molecule has 0 unspecified atom stereocenters. The number of carbonyl (C=O) groups is 1. The number of hydrogen-bond acceptors (Lipinski definition) is 3. The average molecular weight is 396 g/mol. The number of carbonyl (C=O) groups excluding carboxylic acids is 1. The Labute approximate surface area is 175 Å². The predicted molar refractivity (Wildman–Crippen MR) is 117 cm³/mol. The molecular formula is C25H24N4O. The van der Waals surface area contributed by atoms with Gasteiger partial charge >= 0.3 is 0 Å². The second-order valence-electron chi connectivity index (χ2n) is 7.94. The molecule has 30 heavy (non-hydrogen) atoms. The van der Waals surface area contributed by atoms with Crippen LogP contribution >= 0.6 is 0 Å². The van der Waals surface area contributed by atoms with Crippen molar-refractivity contribution in [1.29, 1.82) is 0 Å². The number of amides is 1. The first-order valence-electron chi connectivity index (χ1n) is 10.4. The standard InChI is InChI=1S/C25H24N4O/c1-17-14-20(19-10-5-6-11-22(19)27-17)25(30)28-23-12-7-13-24-21(23)15-26-29(24)16-18-8-3-2-4-9-18/h2-6,8-11,14-15,23H,7,12-13,16H2,1H3,(H,28,30)/t23-/m0/s1. The van der Waals surface area contributed by atoms with Gasteiger partial charge in [0, 0.05) is 22.3 Å². The molecule has 0 fully saturated rings. The fourth-order valence-electron chi connectivity index (χ4n) is 4.39. The van der Waals surface area contributed by atoms with E-state index in [0.717, 1.165) is 48.0 Å². The fraction of sp³-hybridized carbons (Fsp3) is 0.240. The van der Waals surface area contributed by atoms with Crippen LogP contribution < -0.4 is 5.32 Å². The molecule has 4 aromatic rings. The van der Waals surface area contributed by atoms with Crippen LogP contribution in [0.3, 0.4) is 0 Å². The van der Waals surface area contributed by atoms with Crippen molar-refractivity contribution >= 4 is 16.8 Å². The first kappa shape index (κ1) is 18.6. The summed E-state index contributed by atoms with van der Waals surface area (Å²) in [6.07, 6.45) is 4.89. The Morgan fingerprint density at radius 3 is 2.80 bits per heavy atom. The van der Waals surface area contributed by atoms with E-state index in [1.807, 2.05) is 49.5 Å². The van der Waals surface area contributed by atoms with Gasteiger partial charge in [-0.2, -0.15) is 5.10 Å². The van der Waals surface area contributed by atoms with Gasteiger partial charge in [0.1, 0.15) is 0 Å². The van der Waals surface area contributed by atoms with Crippen molar-refractivity contribution in [2.45, 2.75) is 38.8 Å². The Morgan fingerprint density at radius 1 is 1.13 bits per heavy atom. The number of aromatic nitrogens is 3. The zero-order chi connectivity index (χ0) is 20.5. The van der Waals surface area contributed by atoms with Crippen LogP contribution in [0.5, 0.6) is 0 Å². The van der Waals surface area contributed by atoms with Gasteiger partial charge in [0.25, 0.3) is 5.91 Å². The lowest BCUT2D eigenvalue weighted by molar-refractivity contribution is 0.0934. The molecule has 0 spiro atoms. The van der Waals surface area contributed by atoms with E-state index in [1.54, 1.807) is 0 Å². The maximum atomic E-state index is 13.2. The quantitative estimate of drug-likeness (QED) is 0.549. The summed E-state index contributed by atoms with van der Waals surface area (Å²) in [5.41, 5.74) is 5.98. The molecule has 0 saturated carbocycles. The molecule has 1 aliphatic carbocycles. The highest BCUT2D eigenvalue weighted by atomic mass is 16.1. The van der Waals surface area contributed by atoms with Crippen LogP contribution in [-0.4, -0.2) is 20.7 Å². The molecule has 5 nitrogen and oxygen atoms in total. The van der Waals surface area contributed by atoms with Crippen molar-refractivity contribution in [3.8, 4) is 0 Å². The van der Waals surface area contributed by atoms with Crippen molar-refractivity contribution in [2.75, 3.05) is 0 Å². The lowest BCUT2D eigenvalue weighted by Crippen LogP contribution is -2.31. The normalized spacial score (nSPS) is 15.7. The van der Waals surface area contributed by atoms with E-state index in [-0.39, 0.29) is 11.9 Å². The molecule has 0 saturated heterocycles. The van der Waals surface area contributed by atoms with Crippen LogP contribution in [0.4, 0.5) is 0 Å². The highest BCUT2D eigenvalue weighted by Crippen LogP contribution is 2.30. The van der Waals surface area contributed by atoms with E-state index in [9.17, 15) is 4.79 Å². The maximum absolute atomic E-state index is 13.2. The molecule has 2 aromatic carbocycles. The van der Waals surface area contributed by atoms with Gasteiger partial charge in [-0.05, 0) is 43.9 Å². The van der Waals surface area contributed by atoms with Gasteiger partial charge < -0.3 is 5.32 Å². The number of nitrogens with zero attached hydrogens (tertiary/aromatic N) is 3. The SMILES string of the molecule is Cc1cc(C(=O)N[C@H]2CCCc3c2cnn3Cc2ccccc2)c2ccccc2n1. The molecule has 1 amide bonds. The summed E-state index contributed by atoms with van der Waals surface area (Å²) < 4.78 is 2.08. The number of rotatable bonds is 4. The number of nitrogens with one attached hydrogen (secondary N) is 1. The number of para-hydroxylation sites is 1. The first-order valence-corrected chi connectivity index (χ1v) is 10.4. The second kappa shape index (κ2) is 7.75. The minimum Gasteiger partial charge on any atom is -0.345 e. The van der Waals surface area contributed by atoms with Gasteiger partial charge in [0.05, 0.1) is 29.9 Å². The predicted octanol–water partition coefficient (Wildman–Crippen LogP) is 4.60. The Kier molecular flexibility index (Phi) is 4.79. The third-order valence-electron chi connectivity index (χ3n) is 5.83. The fourth-order valence-corrected chi connectivity index (χ4v) is 4.39. The van der Waals surface area contributed by atoms with Crippen molar-refractivity contribution < 1.29 is 4.79 Å². The van der Waals surface area contributed by atoms with Crippen LogP contribution in [0.1, 0.15) is 51.8 Å². The van der Waals surface area contributed by atoms with Crippen molar-refractivity contribution in [3.05, 3.63) is 94.9 Å². The van der Waals surface area contributed by atoms with Gasteiger partial charge in [-0.1, -0.05) is 48.5 Å². The topological polar surface area (TPSA) is 59.8 Å². The largest absolute Gasteiger partial charge is 0.345 e. The molecule has 1 atom stereocenters. The summed E-state index contributed by atoms with van der Waals surface area (Å²) in [6.45, 7) is 2.68. The summed E-state index contributed by atoms with van der Waals surface area (Å²) in [7, 11) is 0. The van der Waals surface area contributed by atoms with Crippen LogP contribution in [0, 0.1) is 6.92 Å². The molecule has 5 rings (SSSR count). The van der Waals surface area contributed by atoms with Crippen LogP contribution in [-0.2, 0) is 13.0 Å².